The van der Waals surface area contributed by atoms with Gasteiger partial charge in [0.2, 0.25) is 11.3 Å². The molecule has 328 valence electrons. The van der Waals surface area contributed by atoms with Crippen molar-refractivity contribution in [3.63, 3.8) is 0 Å². The van der Waals surface area contributed by atoms with Gasteiger partial charge >= 0.3 is 0 Å². The van der Waals surface area contributed by atoms with Crippen LogP contribution in [0.15, 0.2) is 69.6 Å². The largest absolute Gasteiger partial charge is 0.460 e. The first-order chi connectivity index (χ1) is 27.6. The fraction of sp³-hybridized carbons (Fsp3) is 0.574. The van der Waals surface area contributed by atoms with Gasteiger partial charge in [-0.2, -0.15) is 8.42 Å². The third-order valence-corrected chi connectivity index (χ3v) is 11.9. The molecule has 0 spiro atoms. The lowest BCUT2D eigenvalue weighted by Crippen LogP contribution is -2.29. The number of nitrogens with one attached hydrogen (secondary N) is 1. The number of alkyl halides is 1. The molecular formula is C47H71ClN3O7S+. The summed E-state index contributed by atoms with van der Waals surface area (Å²) in [4.78, 5) is 14.6. The number of carbonyl (C=O) groups is 1. The number of rotatable bonds is 23. The van der Waals surface area contributed by atoms with Crippen molar-refractivity contribution in [1.82, 2.24) is 9.89 Å². The van der Waals surface area contributed by atoms with Gasteiger partial charge in [0.1, 0.15) is 24.6 Å². The Kier molecular flexibility index (Phi) is 19.9. The summed E-state index contributed by atoms with van der Waals surface area (Å²) in [6.07, 6.45) is 13.5. The van der Waals surface area contributed by atoms with Crippen molar-refractivity contribution in [2.75, 3.05) is 63.4 Å². The van der Waals surface area contributed by atoms with Crippen molar-refractivity contribution in [2.45, 2.75) is 123 Å². The lowest BCUT2D eigenvalue weighted by molar-refractivity contribution is -0.121. The number of amides is 1. The number of hydrogen-bond donors (Lipinski definition) is 2. The van der Waals surface area contributed by atoms with Crippen LogP contribution < -0.4 is 20.1 Å². The second kappa shape index (κ2) is 23.5. The quantitative estimate of drug-likeness (QED) is 0.0419. The highest BCUT2D eigenvalue weighted by Gasteiger charge is 2.40. The van der Waals surface area contributed by atoms with Crippen LogP contribution in [-0.2, 0) is 35.2 Å². The smallest absolute Gasteiger partial charge is 0.294 e. The zero-order valence-electron chi connectivity index (χ0n) is 35.9. The Morgan fingerprint density at radius 1 is 0.932 bits per heavy atom. The minimum atomic E-state index is -4.38. The van der Waals surface area contributed by atoms with Crippen LogP contribution in [0, 0.1) is 0 Å². The van der Waals surface area contributed by atoms with Gasteiger partial charge in [-0.25, -0.2) is 4.58 Å². The van der Waals surface area contributed by atoms with Gasteiger partial charge in [0.15, 0.2) is 0 Å². The number of benzene rings is 2. The first kappa shape index (κ1) is 49.9. The van der Waals surface area contributed by atoms with Crippen LogP contribution in [-0.4, -0.2) is 77.4 Å². The SMILES string of the molecule is C.CC[N+](CC)=c1ccc2c(/C=C/C=C3/N(CCCCCC(=O)NCCOCCOCCCCCCCl)c4ccc(S(=O)(=O)O)cc4C3(C)C)cc(C(C)(C)C)oc-2c1. The molecule has 59 heavy (non-hydrogen) atoms. The van der Waals surface area contributed by atoms with E-state index in [0.29, 0.717) is 45.2 Å². The summed E-state index contributed by atoms with van der Waals surface area (Å²) in [6, 6.07) is 13.4. The summed E-state index contributed by atoms with van der Waals surface area (Å²) in [5, 5.41) is 4.07. The van der Waals surface area contributed by atoms with Crippen LogP contribution in [0.5, 0.6) is 0 Å². The average molecular weight is 858 g/mol. The first-order valence-electron chi connectivity index (χ1n) is 21.0. The highest BCUT2D eigenvalue weighted by atomic mass is 35.5. The number of allylic oxidation sites excluding steroid dienone is 3. The number of carbonyl (C=O) groups excluding carboxylic acids is 1. The molecule has 2 N–H and O–H groups in total. The number of fused-ring (bicyclic) bond motifs is 2. The molecule has 0 unspecified atom stereocenters. The maximum atomic E-state index is 12.5. The second-order valence-corrected chi connectivity index (χ2v) is 18.3. The van der Waals surface area contributed by atoms with Gasteiger partial charge in [-0.05, 0) is 87.1 Å². The van der Waals surface area contributed by atoms with Crippen LogP contribution in [0.25, 0.3) is 17.4 Å². The van der Waals surface area contributed by atoms with Crippen molar-refractivity contribution < 1.29 is 31.7 Å². The second-order valence-electron chi connectivity index (χ2n) is 16.5. The fourth-order valence-electron chi connectivity index (χ4n) is 7.35. The van der Waals surface area contributed by atoms with E-state index in [2.05, 4.69) is 106 Å². The molecule has 2 aliphatic heterocycles. The van der Waals surface area contributed by atoms with Crippen molar-refractivity contribution >= 4 is 39.4 Å². The summed E-state index contributed by atoms with van der Waals surface area (Å²) in [6.45, 7) is 20.1. The zero-order valence-corrected chi connectivity index (χ0v) is 37.4. The van der Waals surface area contributed by atoms with E-state index in [1.165, 1.54) is 6.07 Å². The molecule has 1 aromatic rings. The fourth-order valence-corrected chi connectivity index (χ4v) is 8.05. The van der Waals surface area contributed by atoms with Crippen molar-refractivity contribution in [3.05, 3.63) is 82.6 Å². The number of unbranched alkanes of at least 4 members (excludes halogenated alkanes) is 5. The maximum Gasteiger partial charge on any atom is 0.294 e. The minimum Gasteiger partial charge on any atom is -0.460 e. The maximum absolute atomic E-state index is 12.5. The number of nitrogens with zero attached hydrogens (tertiary/aromatic N) is 2. The lowest BCUT2D eigenvalue weighted by Gasteiger charge is -2.27. The normalized spacial score (nSPS) is 14.6. The molecule has 1 aromatic carbocycles. The van der Waals surface area contributed by atoms with Gasteiger partial charge in [-0.1, -0.05) is 73.5 Å². The number of anilines is 1. The van der Waals surface area contributed by atoms with Crippen LogP contribution in [0.4, 0.5) is 5.69 Å². The van der Waals surface area contributed by atoms with E-state index in [4.69, 9.17) is 25.5 Å². The van der Waals surface area contributed by atoms with E-state index in [9.17, 15) is 17.8 Å². The molecule has 1 amide bonds. The van der Waals surface area contributed by atoms with Gasteiger partial charge in [-0.3, -0.25) is 9.35 Å². The Hall–Kier alpha value is -3.48. The van der Waals surface area contributed by atoms with Crippen molar-refractivity contribution in [1.29, 1.82) is 0 Å². The third kappa shape index (κ3) is 14.3. The molecule has 0 aromatic heterocycles. The van der Waals surface area contributed by atoms with Gasteiger partial charge in [0.05, 0.1) is 30.8 Å². The molecule has 1 aliphatic carbocycles. The number of ether oxygens (including phenoxy) is 2. The standard InChI is InChI=1S/C46H66ClN3O7S.CH4/c1-8-49(9-2)36-21-23-38-35(32-43(45(3,4)5)57-41(38)33-36)18-17-19-42-46(6,7)39-34-37(58(52,53)54)22-24-40(39)50(42)27-15-12-13-20-44(51)48-26-29-56-31-30-55-28-16-11-10-14-25-47;/h17-19,21-24,32-34H,8-16,20,25-31H2,1-7H3,(H-,48,51,52,53,54);1H4/p+1. The van der Waals surface area contributed by atoms with Gasteiger partial charge in [0.25, 0.3) is 10.1 Å². The average Bonchev–Trinajstić information content (AvgIpc) is 3.38. The van der Waals surface area contributed by atoms with Crippen LogP contribution in [0.1, 0.15) is 124 Å². The Labute approximate surface area is 359 Å². The molecule has 4 rings (SSSR count). The van der Waals surface area contributed by atoms with E-state index in [-0.39, 0.29) is 23.6 Å². The minimum absolute atomic E-state index is 0. The molecule has 3 aliphatic rings. The van der Waals surface area contributed by atoms with E-state index in [1.807, 2.05) is 0 Å². The summed E-state index contributed by atoms with van der Waals surface area (Å²) in [5.41, 5.74) is 4.06. The van der Waals surface area contributed by atoms with E-state index >= 15 is 0 Å². The highest BCUT2D eigenvalue weighted by Crippen LogP contribution is 2.48. The van der Waals surface area contributed by atoms with Crippen LogP contribution in [0.3, 0.4) is 0 Å². The Morgan fingerprint density at radius 3 is 2.31 bits per heavy atom. The molecule has 2 heterocycles. The number of hydrogen-bond acceptors (Lipinski definition) is 7. The Bertz CT molecular complexity index is 2010. The van der Waals surface area contributed by atoms with Gasteiger partial charge in [-0.15, -0.1) is 11.6 Å². The first-order valence-corrected chi connectivity index (χ1v) is 23.0. The summed E-state index contributed by atoms with van der Waals surface area (Å²) < 4.78 is 54.2. The summed E-state index contributed by atoms with van der Waals surface area (Å²) in [7, 11) is -4.38. The monoisotopic (exact) mass is 856 g/mol. The molecule has 0 saturated carbocycles. The molecule has 0 radical (unpaired) electrons. The van der Waals surface area contributed by atoms with Crippen LogP contribution >= 0.6 is 11.6 Å². The van der Waals surface area contributed by atoms with Gasteiger partial charge < -0.3 is 24.1 Å². The van der Waals surface area contributed by atoms with E-state index in [1.54, 1.807) is 12.1 Å². The molecule has 0 atom stereocenters. The number of halogens is 1. The van der Waals surface area contributed by atoms with Gasteiger partial charge in [0, 0.05) is 65.8 Å². The molecular weight excluding hydrogens is 786 g/mol. The lowest BCUT2D eigenvalue weighted by atomic mass is 9.83. The zero-order chi connectivity index (χ0) is 42.3. The molecule has 0 saturated heterocycles. The van der Waals surface area contributed by atoms with Crippen LogP contribution in [0.2, 0.25) is 0 Å². The van der Waals surface area contributed by atoms with E-state index < -0.39 is 15.5 Å². The molecule has 10 nitrogen and oxygen atoms in total. The Morgan fingerprint density at radius 2 is 1.63 bits per heavy atom. The predicted octanol–water partition coefficient (Wildman–Crippen LogP) is 9.58. The topological polar surface area (TPSA) is 121 Å². The summed E-state index contributed by atoms with van der Waals surface area (Å²) >= 11 is 5.70. The summed E-state index contributed by atoms with van der Waals surface area (Å²) in [5.74, 6) is 2.44. The molecule has 0 fully saturated rings. The van der Waals surface area contributed by atoms with Crippen molar-refractivity contribution in [2.24, 2.45) is 0 Å². The third-order valence-electron chi connectivity index (χ3n) is 10.7. The van der Waals surface area contributed by atoms with E-state index in [0.717, 1.165) is 110 Å². The Balaban J connectivity index is 0.00000930. The molecule has 0 bridgehead atoms. The van der Waals surface area contributed by atoms with Crippen molar-refractivity contribution in [3.8, 4) is 11.3 Å². The molecule has 12 heteroatoms. The predicted molar refractivity (Wildman–Crippen MR) is 243 cm³/mol. The highest BCUT2D eigenvalue weighted by molar-refractivity contribution is 7.85.